The topological polar surface area (TPSA) is 61.4 Å². The minimum atomic E-state index is -0.200. The zero-order valence-electron chi connectivity index (χ0n) is 13.9. The molecule has 1 amide bonds. The lowest BCUT2D eigenvalue weighted by molar-refractivity contribution is 0.0945. The first-order chi connectivity index (χ1) is 11.1. The predicted octanol–water partition coefficient (Wildman–Crippen LogP) is 1.93. The summed E-state index contributed by atoms with van der Waals surface area (Å²) in [7, 11) is 3.92. The molecular formula is C17H23N5O. The largest absolute Gasteiger partial charge is 0.349 e. The first-order valence-electron chi connectivity index (χ1n) is 7.69. The van der Waals surface area contributed by atoms with Gasteiger partial charge >= 0.3 is 0 Å². The van der Waals surface area contributed by atoms with Crippen molar-refractivity contribution in [2.45, 2.75) is 6.92 Å². The van der Waals surface area contributed by atoms with Gasteiger partial charge < -0.3 is 15.1 Å². The maximum Gasteiger partial charge on any atom is 0.271 e. The second-order valence-corrected chi connectivity index (χ2v) is 5.40. The van der Waals surface area contributed by atoms with Gasteiger partial charge in [0, 0.05) is 25.3 Å². The molecule has 6 heteroatoms. The van der Waals surface area contributed by atoms with Gasteiger partial charge in [-0.15, -0.1) is 0 Å². The van der Waals surface area contributed by atoms with E-state index in [0.29, 0.717) is 12.2 Å². The van der Waals surface area contributed by atoms with Crippen LogP contribution in [0.25, 0.3) is 0 Å². The number of likely N-dealkylation sites (N-methyl/N-ethyl adjacent to an activating group) is 1. The van der Waals surface area contributed by atoms with Gasteiger partial charge in [-0.25, -0.2) is 9.97 Å². The van der Waals surface area contributed by atoms with E-state index in [0.717, 1.165) is 24.6 Å². The van der Waals surface area contributed by atoms with Crippen LogP contribution in [0, 0.1) is 0 Å². The molecule has 0 fully saturated rings. The highest BCUT2D eigenvalue weighted by molar-refractivity contribution is 5.92. The van der Waals surface area contributed by atoms with Crippen LogP contribution in [0.2, 0.25) is 0 Å². The number of nitrogens with zero attached hydrogens (tertiary/aromatic N) is 4. The van der Waals surface area contributed by atoms with E-state index >= 15 is 0 Å². The van der Waals surface area contributed by atoms with E-state index in [-0.39, 0.29) is 5.91 Å². The van der Waals surface area contributed by atoms with Crippen LogP contribution in [0.4, 0.5) is 11.5 Å². The van der Waals surface area contributed by atoms with E-state index < -0.39 is 0 Å². The Morgan fingerprint density at radius 1 is 1.13 bits per heavy atom. The summed E-state index contributed by atoms with van der Waals surface area (Å²) in [5.74, 6) is 0.525. The van der Waals surface area contributed by atoms with E-state index in [2.05, 4.69) is 22.2 Å². The Bertz CT molecular complexity index is 613. The van der Waals surface area contributed by atoms with E-state index in [1.165, 1.54) is 6.20 Å². The van der Waals surface area contributed by atoms with Gasteiger partial charge in [0.2, 0.25) is 0 Å². The number of carbonyl (C=O) groups excluding carboxylic acids is 1. The van der Waals surface area contributed by atoms with E-state index in [1.807, 2.05) is 54.2 Å². The zero-order chi connectivity index (χ0) is 16.7. The molecule has 0 bridgehead atoms. The van der Waals surface area contributed by atoms with Crippen molar-refractivity contribution in [2.24, 2.45) is 0 Å². The first-order valence-corrected chi connectivity index (χ1v) is 7.69. The second kappa shape index (κ2) is 8.24. The van der Waals surface area contributed by atoms with Crippen molar-refractivity contribution in [2.75, 3.05) is 38.6 Å². The lowest BCUT2D eigenvalue weighted by atomic mass is 10.3. The van der Waals surface area contributed by atoms with E-state index in [9.17, 15) is 4.79 Å². The van der Waals surface area contributed by atoms with Gasteiger partial charge in [0.15, 0.2) is 5.82 Å². The summed E-state index contributed by atoms with van der Waals surface area (Å²) in [6, 6.07) is 9.99. The average molecular weight is 313 g/mol. The Hall–Kier alpha value is -2.47. The Kier molecular flexibility index (Phi) is 6.05. The van der Waals surface area contributed by atoms with Gasteiger partial charge in [0.1, 0.15) is 5.69 Å². The summed E-state index contributed by atoms with van der Waals surface area (Å²) >= 11 is 0. The van der Waals surface area contributed by atoms with Crippen LogP contribution < -0.4 is 10.2 Å². The van der Waals surface area contributed by atoms with Crippen LogP contribution >= 0.6 is 0 Å². The number of hydrogen-bond donors (Lipinski definition) is 1. The fourth-order valence-corrected chi connectivity index (χ4v) is 2.15. The molecule has 1 aromatic heterocycles. The highest BCUT2D eigenvalue weighted by Crippen LogP contribution is 2.21. The molecule has 0 aliphatic carbocycles. The minimum absolute atomic E-state index is 0.200. The number of para-hydroxylation sites is 1. The first kappa shape index (κ1) is 16.9. The number of anilines is 2. The predicted molar refractivity (Wildman–Crippen MR) is 92.0 cm³/mol. The van der Waals surface area contributed by atoms with Crippen LogP contribution in [-0.4, -0.2) is 54.5 Å². The third-order valence-electron chi connectivity index (χ3n) is 3.38. The monoisotopic (exact) mass is 313 g/mol. The second-order valence-electron chi connectivity index (χ2n) is 5.40. The molecule has 1 N–H and O–H groups in total. The molecule has 0 aliphatic heterocycles. The highest BCUT2D eigenvalue weighted by atomic mass is 16.1. The Morgan fingerprint density at radius 2 is 1.87 bits per heavy atom. The lowest BCUT2D eigenvalue weighted by Gasteiger charge is -2.21. The molecule has 0 atom stereocenters. The maximum atomic E-state index is 12.0. The molecule has 0 spiro atoms. The molecule has 1 aromatic carbocycles. The fourth-order valence-electron chi connectivity index (χ4n) is 2.15. The molecule has 0 saturated carbocycles. The molecule has 2 aromatic rings. The third kappa shape index (κ3) is 4.75. The molecule has 1 heterocycles. The van der Waals surface area contributed by atoms with Crippen LogP contribution in [0.5, 0.6) is 0 Å². The van der Waals surface area contributed by atoms with Crippen molar-refractivity contribution >= 4 is 17.4 Å². The normalized spacial score (nSPS) is 10.6. The minimum Gasteiger partial charge on any atom is -0.349 e. The van der Waals surface area contributed by atoms with Crippen LogP contribution in [0.15, 0.2) is 42.7 Å². The summed E-state index contributed by atoms with van der Waals surface area (Å²) in [5.41, 5.74) is 1.38. The van der Waals surface area contributed by atoms with E-state index in [1.54, 1.807) is 6.20 Å². The average Bonchev–Trinajstić information content (AvgIpc) is 2.57. The standard InChI is InChI=1S/C17H23N5O/c1-4-22(14-8-6-5-7-9-14)16-13-19-15(12-20-16)17(23)18-10-11-21(2)3/h5-9,12-13H,4,10-11H2,1-3H3,(H,18,23). The van der Waals surface area contributed by atoms with Crippen molar-refractivity contribution < 1.29 is 4.79 Å². The molecule has 0 aliphatic rings. The highest BCUT2D eigenvalue weighted by Gasteiger charge is 2.11. The molecule has 6 nitrogen and oxygen atoms in total. The molecule has 0 unspecified atom stereocenters. The Balaban J connectivity index is 2.05. The number of carbonyl (C=O) groups is 1. The van der Waals surface area contributed by atoms with Crippen molar-refractivity contribution in [3.8, 4) is 0 Å². The van der Waals surface area contributed by atoms with Crippen molar-refractivity contribution in [3.63, 3.8) is 0 Å². The van der Waals surface area contributed by atoms with Crippen LogP contribution in [-0.2, 0) is 0 Å². The number of nitrogens with one attached hydrogen (secondary N) is 1. The van der Waals surface area contributed by atoms with Crippen molar-refractivity contribution in [1.82, 2.24) is 20.2 Å². The number of benzene rings is 1. The fraction of sp³-hybridized carbons (Fsp3) is 0.353. The molecule has 122 valence electrons. The van der Waals surface area contributed by atoms with Crippen molar-refractivity contribution in [1.29, 1.82) is 0 Å². The molecule has 0 saturated heterocycles. The molecule has 0 radical (unpaired) electrons. The third-order valence-corrected chi connectivity index (χ3v) is 3.38. The van der Waals surface area contributed by atoms with Crippen LogP contribution in [0.1, 0.15) is 17.4 Å². The van der Waals surface area contributed by atoms with Gasteiger partial charge in [0.25, 0.3) is 5.91 Å². The van der Waals surface area contributed by atoms with Gasteiger partial charge in [-0.05, 0) is 33.2 Å². The van der Waals surface area contributed by atoms with Gasteiger partial charge in [-0.3, -0.25) is 4.79 Å². The summed E-state index contributed by atoms with van der Waals surface area (Å²) in [5, 5.41) is 2.83. The summed E-state index contributed by atoms with van der Waals surface area (Å²) < 4.78 is 0. The smallest absolute Gasteiger partial charge is 0.271 e. The number of amides is 1. The van der Waals surface area contributed by atoms with Gasteiger partial charge in [-0.1, -0.05) is 18.2 Å². The summed E-state index contributed by atoms with van der Waals surface area (Å²) in [6.07, 6.45) is 3.16. The van der Waals surface area contributed by atoms with Crippen molar-refractivity contribution in [3.05, 3.63) is 48.4 Å². The maximum absolute atomic E-state index is 12.0. The van der Waals surface area contributed by atoms with E-state index in [4.69, 9.17) is 0 Å². The lowest BCUT2D eigenvalue weighted by Crippen LogP contribution is -2.32. The van der Waals surface area contributed by atoms with Gasteiger partial charge in [0.05, 0.1) is 12.4 Å². The quantitative estimate of drug-likeness (QED) is 0.846. The summed E-state index contributed by atoms with van der Waals surface area (Å²) in [6.45, 7) is 4.19. The Labute approximate surface area is 137 Å². The summed E-state index contributed by atoms with van der Waals surface area (Å²) in [4.78, 5) is 24.7. The number of aromatic nitrogens is 2. The Morgan fingerprint density at radius 3 is 2.43 bits per heavy atom. The molecular weight excluding hydrogens is 290 g/mol. The van der Waals surface area contributed by atoms with Crippen LogP contribution in [0.3, 0.4) is 0 Å². The zero-order valence-corrected chi connectivity index (χ0v) is 13.9. The molecule has 2 rings (SSSR count). The molecule has 23 heavy (non-hydrogen) atoms. The SMILES string of the molecule is CCN(c1ccccc1)c1cnc(C(=O)NCCN(C)C)cn1. The number of rotatable bonds is 7. The van der Waals surface area contributed by atoms with Gasteiger partial charge in [-0.2, -0.15) is 0 Å². The number of hydrogen-bond acceptors (Lipinski definition) is 5.